The Labute approximate surface area is 148 Å². The monoisotopic (exact) mass is 364 g/mol. The molecule has 1 N–H and O–H groups in total. The van der Waals surface area contributed by atoms with Crippen LogP contribution >= 0.6 is 0 Å². The van der Waals surface area contributed by atoms with Crippen molar-refractivity contribution in [3.8, 4) is 0 Å². The van der Waals surface area contributed by atoms with Crippen molar-refractivity contribution in [1.82, 2.24) is 19.7 Å². The normalized spacial score (nSPS) is 17.7. The molecule has 0 radical (unpaired) electrons. The van der Waals surface area contributed by atoms with E-state index < -0.39 is 35.5 Å². The highest BCUT2D eigenvalue weighted by molar-refractivity contribution is 5.84. The molecular weight excluding hydrogens is 346 g/mol. The molecule has 1 aromatic heterocycles. The van der Waals surface area contributed by atoms with Crippen LogP contribution in [0, 0.1) is 18.6 Å². The number of carboxylic acids is 1. The molecule has 138 valence electrons. The SMILES string of the molecule is Cc1nnc2n1CC(C(=O)O)N(C(=O)CC(C)c1ccc(F)cc1F)C2. The summed E-state index contributed by atoms with van der Waals surface area (Å²) in [6.45, 7) is 3.44. The van der Waals surface area contributed by atoms with Crippen molar-refractivity contribution in [3.63, 3.8) is 0 Å². The van der Waals surface area contributed by atoms with Crippen LogP contribution in [0.2, 0.25) is 0 Å². The van der Waals surface area contributed by atoms with E-state index >= 15 is 0 Å². The second-order valence-electron chi connectivity index (χ2n) is 6.42. The number of carbonyl (C=O) groups excluding carboxylic acids is 1. The molecule has 1 aliphatic heterocycles. The highest BCUT2D eigenvalue weighted by atomic mass is 19.1. The lowest BCUT2D eigenvalue weighted by Crippen LogP contribution is -2.51. The Morgan fingerprint density at radius 3 is 2.73 bits per heavy atom. The van der Waals surface area contributed by atoms with Crippen molar-refractivity contribution in [2.24, 2.45) is 0 Å². The minimum atomic E-state index is -1.13. The van der Waals surface area contributed by atoms with Crippen molar-refractivity contribution in [2.45, 2.75) is 45.3 Å². The van der Waals surface area contributed by atoms with E-state index in [0.29, 0.717) is 11.6 Å². The summed E-state index contributed by atoms with van der Waals surface area (Å²) in [6, 6.07) is 2.15. The number of aromatic nitrogens is 3. The molecule has 7 nitrogen and oxygen atoms in total. The van der Waals surface area contributed by atoms with Crippen molar-refractivity contribution < 1.29 is 23.5 Å². The third kappa shape index (κ3) is 3.29. The van der Waals surface area contributed by atoms with Crippen LogP contribution in [0.15, 0.2) is 18.2 Å². The second-order valence-corrected chi connectivity index (χ2v) is 6.42. The lowest BCUT2D eigenvalue weighted by Gasteiger charge is -2.34. The number of rotatable bonds is 4. The molecule has 2 unspecified atom stereocenters. The molecule has 26 heavy (non-hydrogen) atoms. The molecule has 2 aromatic rings. The van der Waals surface area contributed by atoms with Crippen LogP contribution in [0.5, 0.6) is 0 Å². The average Bonchev–Trinajstić information content (AvgIpc) is 2.94. The number of benzene rings is 1. The molecule has 0 saturated carbocycles. The van der Waals surface area contributed by atoms with E-state index in [1.807, 2.05) is 0 Å². The number of carbonyl (C=O) groups is 2. The van der Waals surface area contributed by atoms with E-state index in [1.54, 1.807) is 18.4 Å². The number of nitrogens with zero attached hydrogens (tertiary/aromatic N) is 4. The van der Waals surface area contributed by atoms with Gasteiger partial charge >= 0.3 is 5.97 Å². The van der Waals surface area contributed by atoms with Crippen LogP contribution in [-0.4, -0.2) is 42.7 Å². The fourth-order valence-electron chi connectivity index (χ4n) is 3.18. The molecule has 1 amide bonds. The van der Waals surface area contributed by atoms with Gasteiger partial charge in [0.25, 0.3) is 0 Å². The van der Waals surface area contributed by atoms with Crippen LogP contribution in [0.4, 0.5) is 8.78 Å². The Morgan fingerprint density at radius 1 is 1.35 bits per heavy atom. The molecular formula is C17H18F2N4O3. The lowest BCUT2D eigenvalue weighted by atomic mass is 9.96. The predicted molar refractivity (Wildman–Crippen MR) is 86.1 cm³/mol. The number of hydrogen-bond acceptors (Lipinski definition) is 4. The summed E-state index contributed by atoms with van der Waals surface area (Å²) in [5, 5.41) is 17.4. The summed E-state index contributed by atoms with van der Waals surface area (Å²) < 4.78 is 28.6. The Kier molecular flexibility index (Phi) is 4.71. The topological polar surface area (TPSA) is 88.3 Å². The minimum absolute atomic E-state index is 0.0231. The Balaban J connectivity index is 1.80. The van der Waals surface area contributed by atoms with Crippen molar-refractivity contribution in [3.05, 3.63) is 47.0 Å². The van der Waals surface area contributed by atoms with Gasteiger partial charge in [-0.15, -0.1) is 10.2 Å². The number of hydrogen-bond donors (Lipinski definition) is 1. The molecule has 0 saturated heterocycles. The van der Waals surface area contributed by atoms with Gasteiger partial charge in [0.2, 0.25) is 5.91 Å². The minimum Gasteiger partial charge on any atom is -0.480 e. The Morgan fingerprint density at radius 2 is 2.08 bits per heavy atom. The van der Waals surface area contributed by atoms with Gasteiger partial charge in [0.05, 0.1) is 13.1 Å². The molecule has 0 spiro atoms. The van der Waals surface area contributed by atoms with Crippen LogP contribution < -0.4 is 0 Å². The van der Waals surface area contributed by atoms with Crippen LogP contribution in [0.3, 0.4) is 0 Å². The van der Waals surface area contributed by atoms with Gasteiger partial charge in [0.1, 0.15) is 23.5 Å². The molecule has 0 fully saturated rings. The van der Waals surface area contributed by atoms with E-state index in [9.17, 15) is 23.5 Å². The predicted octanol–water partition coefficient (Wildman–Crippen LogP) is 1.85. The highest BCUT2D eigenvalue weighted by Gasteiger charge is 2.36. The first kappa shape index (κ1) is 18.0. The third-order valence-corrected chi connectivity index (χ3v) is 4.64. The number of aliphatic carboxylic acids is 1. The first-order valence-electron chi connectivity index (χ1n) is 8.13. The summed E-state index contributed by atoms with van der Waals surface area (Å²) in [5.74, 6) is -2.41. The van der Waals surface area contributed by atoms with Crippen LogP contribution in [0.25, 0.3) is 0 Å². The van der Waals surface area contributed by atoms with Crippen molar-refractivity contribution >= 4 is 11.9 Å². The average molecular weight is 364 g/mol. The zero-order chi connectivity index (χ0) is 19.0. The molecule has 2 atom stereocenters. The zero-order valence-corrected chi connectivity index (χ0v) is 14.3. The number of halogens is 2. The highest BCUT2D eigenvalue weighted by Crippen LogP contribution is 2.26. The summed E-state index contributed by atoms with van der Waals surface area (Å²) in [7, 11) is 0. The molecule has 1 aliphatic rings. The molecule has 9 heteroatoms. The molecule has 2 heterocycles. The van der Waals surface area contributed by atoms with Gasteiger partial charge in [-0.05, 0) is 24.5 Å². The molecule has 3 rings (SSSR count). The van der Waals surface area contributed by atoms with E-state index in [2.05, 4.69) is 10.2 Å². The number of carboxylic acid groups (broad SMARTS) is 1. The van der Waals surface area contributed by atoms with E-state index in [-0.39, 0.29) is 25.1 Å². The summed E-state index contributed by atoms with van der Waals surface area (Å²) in [6.07, 6.45) is -0.0978. The molecule has 0 bridgehead atoms. The number of amides is 1. The van der Waals surface area contributed by atoms with Gasteiger partial charge in [-0.3, -0.25) is 4.79 Å². The molecule has 0 aliphatic carbocycles. The summed E-state index contributed by atoms with van der Waals surface area (Å²) in [4.78, 5) is 25.5. The summed E-state index contributed by atoms with van der Waals surface area (Å²) in [5.41, 5.74) is 0.211. The Bertz CT molecular complexity index is 868. The maximum Gasteiger partial charge on any atom is 0.328 e. The van der Waals surface area contributed by atoms with E-state index in [1.165, 1.54) is 11.0 Å². The molecule has 1 aromatic carbocycles. The maximum absolute atomic E-state index is 13.9. The quantitative estimate of drug-likeness (QED) is 0.895. The van der Waals surface area contributed by atoms with Crippen LogP contribution in [-0.2, 0) is 22.7 Å². The van der Waals surface area contributed by atoms with E-state index in [4.69, 9.17) is 0 Å². The fourth-order valence-corrected chi connectivity index (χ4v) is 3.18. The van der Waals surface area contributed by atoms with E-state index in [0.717, 1.165) is 12.1 Å². The lowest BCUT2D eigenvalue weighted by molar-refractivity contribution is -0.153. The van der Waals surface area contributed by atoms with Gasteiger partial charge in [-0.2, -0.15) is 0 Å². The summed E-state index contributed by atoms with van der Waals surface area (Å²) >= 11 is 0. The smallest absolute Gasteiger partial charge is 0.328 e. The standard InChI is InChI=1S/C17H18F2N4O3/c1-9(12-4-3-11(18)6-13(12)19)5-16(24)23-8-15-21-20-10(2)22(15)7-14(23)17(25)26/h3-4,6,9,14H,5,7-8H2,1-2H3,(H,25,26). The fraction of sp³-hybridized carbons (Fsp3) is 0.412. The van der Waals surface area contributed by atoms with Crippen molar-refractivity contribution in [1.29, 1.82) is 0 Å². The maximum atomic E-state index is 13.9. The van der Waals surface area contributed by atoms with Gasteiger partial charge in [-0.25, -0.2) is 13.6 Å². The van der Waals surface area contributed by atoms with Gasteiger partial charge in [0.15, 0.2) is 5.82 Å². The largest absolute Gasteiger partial charge is 0.480 e. The van der Waals surface area contributed by atoms with Gasteiger partial charge < -0.3 is 14.6 Å². The number of fused-ring (bicyclic) bond motifs is 1. The van der Waals surface area contributed by atoms with Gasteiger partial charge in [0, 0.05) is 12.5 Å². The Hall–Kier alpha value is -2.84. The zero-order valence-electron chi connectivity index (χ0n) is 14.3. The third-order valence-electron chi connectivity index (χ3n) is 4.64. The second kappa shape index (κ2) is 6.81. The number of aryl methyl sites for hydroxylation is 1. The van der Waals surface area contributed by atoms with Crippen molar-refractivity contribution in [2.75, 3.05) is 0 Å². The first-order valence-corrected chi connectivity index (χ1v) is 8.13. The first-order chi connectivity index (χ1) is 12.3. The van der Waals surface area contributed by atoms with Crippen LogP contribution in [0.1, 0.15) is 36.5 Å². The van der Waals surface area contributed by atoms with Gasteiger partial charge in [-0.1, -0.05) is 13.0 Å².